The molecular weight excluding hydrogens is 561 g/mol. The van der Waals surface area contributed by atoms with Gasteiger partial charge in [0.2, 0.25) is 0 Å². The number of hydrogen-bond acceptors (Lipinski definition) is 6. The third-order valence-corrected chi connectivity index (χ3v) is 7.40. The molecule has 1 heterocycles. The number of anilines is 2. The zero-order valence-electron chi connectivity index (χ0n) is 22.8. The highest BCUT2D eigenvalue weighted by molar-refractivity contribution is 6.03. The van der Waals surface area contributed by atoms with E-state index in [0.29, 0.717) is 17.0 Å². The van der Waals surface area contributed by atoms with Gasteiger partial charge in [-0.1, -0.05) is 60.8 Å². The van der Waals surface area contributed by atoms with Crippen molar-refractivity contribution >= 4 is 23.6 Å². The highest BCUT2D eigenvalue weighted by Gasteiger charge is 2.34. The maximum atomic E-state index is 13.4. The maximum absolute atomic E-state index is 13.4. The van der Waals surface area contributed by atoms with Gasteiger partial charge in [-0.15, -0.1) is 5.10 Å². The molecule has 1 atom stereocenters. The molecule has 1 saturated carbocycles. The summed E-state index contributed by atoms with van der Waals surface area (Å²) in [6.45, 7) is 0. The number of nitriles is 1. The fourth-order valence-corrected chi connectivity index (χ4v) is 5.22. The van der Waals surface area contributed by atoms with E-state index in [1.165, 1.54) is 37.0 Å². The molecule has 10 nitrogen and oxygen atoms in total. The Morgan fingerprint density at radius 2 is 1.60 bits per heavy atom. The number of urea groups is 1. The van der Waals surface area contributed by atoms with E-state index in [9.17, 15) is 22.8 Å². The highest BCUT2D eigenvalue weighted by Crippen LogP contribution is 2.35. The van der Waals surface area contributed by atoms with Crippen LogP contribution in [0.15, 0.2) is 66.7 Å². The second-order valence-corrected chi connectivity index (χ2v) is 10.2. The number of nitrogens with one attached hydrogen (secondary N) is 4. The molecule has 0 aliphatic heterocycles. The number of aromatic amines is 1. The van der Waals surface area contributed by atoms with Crippen molar-refractivity contribution in [3.63, 3.8) is 0 Å². The molecule has 3 aromatic carbocycles. The number of benzene rings is 3. The SMILES string of the molecule is N#Cc1ccc(NC(=O)NC(c2ccc(C(=O)Nc3nn[nH]n3)cc2)c2ccc(C3CCCCC3)cc2)cc1C(F)(F)F. The summed E-state index contributed by atoms with van der Waals surface area (Å²) in [5, 5.41) is 29.9. The van der Waals surface area contributed by atoms with Crippen LogP contribution in [0.5, 0.6) is 0 Å². The van der Waals surface area contributed by atoms with E-state index in [1.807, 2.05) is 24.3 Å². The Labute approximate surface area is 244 Å². The molecule has 1 unspecified atom stereocenters. The lowest BCUT2D eigenvalue weighted by Crippen LogP contribution is -2.33. The van der Waals surface area contributed by atoms with Gasteiger partial charge in [-0.05, 0) is 71.0 Å². The van der Waals surface area contributed by atoms with E-state index in [2.05, 4.69) is 36.6 Å². The molecule has 43 heavy (non-hydrogen) atoms. The molecule has 5 rings (SSSR count). The molecule has 13 heteroatoms. The summed E-state index contributed by atoms with van der Waals surface area (Å²) in [4.78, 5) is 25.7. The largest absolute Gasteiger partial charge is 0.417 e. The molecule has 0 saturated heterocycles. The van der Waals surface area contributed by atoms with Crippen LogP contribution in [0.2, 0.25) is 0 Å². The summed E-state index contributed by atoms with van der Waals surface area (Å²) in [5.41, 5.74) is 1.10. The average Bonchev–Trinajstić information content (AvgIpc) is 3.53. The van der Waals surface area contributed by atoms with E-state index in [1.54, 1.807) is 24.3 Å². The van der Waals surface area contributed by atoms with Crippen LogP contribution >= 0.6 is 0 Å². The van der Waals surface area contributed by atoms with E-state index < -0.39 is 35.3 Å². The Balaban J connectivity index is 1.39. The van der Waals surface area contributed by atoms with Gasteiger partial charge in [0.25, 0.3) is 11.9 Å². The number of carbonyl (C=O) groups is 2. The van der Waals surface area contributed by atoms with Crippen molar-refractivity contribution in [1.29, 1.82) is 5.26 Å². The smallest absolute Gasteiger partial charge is 0.327 e. The van der Waals surface area contributed by atoms with Crippen molar-refractivity contribution in [2.45, 2.75) is 50.2 Å². The van der Waals surface area contributed by atoms with Gasteiger partial charge >= 0.3 is 12.2 Å². The topological polar surface area (TPSA) is 148 Å². The fourth-order valence-electron chi connectivity index (χ4n) is 5.22. The monoisotopic (exact) mass is 588 g/mol. The number of amides is 3. The second-order valence-electron chi connectivity index (χ2n) is 10.2. The summed E-state index contributed by atoms with van der Waals surface area (Å²) in [5.74, 6) is 0.0295. The molecule has 4 N–H and O–H groups in total. The van der Waals surface area contributed by atoms with Gasteiger partial charge in [0.05, 0.1) is 23.2 Å². The Hall–Kier alpha value is -5.25. The van der Waals surface area contributed by atoms with E-state index >= 15 is 0 Å². The standard InChI is InChI=1S/C30H27F3N8O2/c31-30(32,33)25-16-24(15-14-23(25)17-34)35-29(43)36-26(20-8-6-19(7-9-20)18-4-2-1-3-5-18)21-10-12-22(13-11-21)27(42)37-28-38-40-41-39-28/h6-16,18,26H,1-5H2,(H2,35,36,43)(H2,37,38,39,40,41,42). The van der Waals surface area contributed by atoms with Crippen LogP contribution in [-0.2, 0) is 6.18 Å². The number of hydrogen-bond donors (Lipinski definition) is 4. The molecule has 3 amide bonds. The van der Waals surface area contributed by atoms with Crippen LogP contribution in [-0.4, -0.2) is 32.6 Å². The molecule has 4 aromatic rings. The van der Waals surface area contributed by atoms with E-state index in [-0.39, 0.29) is 11.6 Å². The molecule has 0 radical (unpaired) electrons. The first-order valence-electron chi connectivity index (χ1n) is 13.6. The van der Waals surface area contributed by atoms with Crippen molar-refractivity contribution in [1.82, 2.24) is 25.9 Å². The van der Waals surface area contributed by atoms with Gasteiger partial charge in [-0.2, -0.15) is 23.6 Å². The third-order valence-electron chi connectivity index (χ3n) is 7.40. The first-order chi connectivity index (χ1) is 20.7. The molecule has 1 aliphatic rings. The Morgan fingerprint density at radius 1 is 0.930 bits per heavy atom. The van der Waals surface area contributed by atoms with Crippen LogP contribution in [0.3, 0.4) is 0 Å². The van der Waals surface area contributed by atoms with E-state index in [4.69, 9.17) is 5.26 Å². The Kier molecular flexibility index (Phi) is 8.66. The minimum atomic E-state index is -4.76. The summed E-state index contributed by atoms with van der Waals surface area (Å²) in [6, 6.07) is 17.5. The van der Waals surface area contributed by atoms with Gasteiger partial charge in [0.15, 0.2) is 0 Å². The molecule has 0 spiro atoms. The zero-order valence-corrected chi connectivity index (χ0v) is 22.8. The van der Waals surface area contributed by atoms with Crippen LogP contribution in [0.4, 0.5) is 29.6 Å². The highest BCUT2D eigenvalue weighted by atomic mass is 19.4. The van der Waals surface area contributed by atoms with Gasteiger partial charge in [0, 0.05) is 11.3 Å². The lowest BCUT2D eigenvalue weighted by atomic mass is 9.83. The van der Waals surface area contributed by atoms with Crippen LogP contribution in [0, 0.1) is 11.3 Å². The van der Waals surface area contributed by atoms with Crippen LogP contribution < -0.4 is 16.0 Å². The predicted molar refractivity (Wildman–Crippen MR) is 151 cm³/mol. The molecular formula is C30H27F3N8O2. The predicted octanol–water partition coefficient (Wildman–Crippen LogP) is 6.30. The van der Waals surface area contributed by atoms with Crippen molar-refractivity contribution in [2.75, 3.05) is 10.6 Å². The second kappa shape index (κ2) is 12.7. The van der Waals surface area contributed by atoms with Gasteiger partial charge in [0.1, 0.15) is 0 Å². The Bertz CT molecular complexity index is 1610. The number of carbonyl (C=O) groups excluding carboxylic acids is 2. The number of halogens is 3. The molecule has 220 valence electrons. The van der Waals surface area contributed by atoms with Crippen molar-refractivity contribution in [3.05, 3.63) is 100 Å². The minimum Gasteiger partial charge on any atom is -0.327 e. The number of rotatable bonds is 7. The van der Waals surface area contributed by atoms with Gasteiger partial charge < -0.3 is 10.6 Å². The molecule has 1 fully saturated rings. The summed E-state index contributed by atoms with van der Waals surface area (Å²) in [6.07, 6.45) is 1.11. The minimum absolute atomic E-state index is 0.0137. The lowest BCUT2D eigenvalue weighted by molar-refractivity contribution is -0.137. The first-order valence-corrected chi connectivity index (χ1v) is 13.6. The Morgan fingerprint density at radius 3 is 2.21 bits per heavy atom. The summed E-state index contributed by atoms with van der Waals surface area (Å²) in [7, 11) is 0. The van der Waals surface area contributed by atoms with Crippen LogP contribution in [0.1, 0.15) is 82.2 Å². The third kappa shape index (κ3) is 7.16. The summed E-state index contributed by atoms with van der Waals surface area (Å²) >= 11 is 0. The fraction of sp³-hybridized carbons (Fsp3) is 0.267. The first kappa shape index (κ1) is 29.2. The number of tetrazole rings is 1. The number of alkyl halides is 3. The van der Waals surface area contributed by atoms with Crippen LogP contribution in [0.25, 0.3) is 0 Å². The number of nitrogens with zero attached hydrogens (tertiary/aromatic N) is 4. The van der Waals surface area contributed by atoms with E-state index in [0.717, 1.165) is 30.5 Å². The normalized spacial score (nSPS) is 14.4. The quantitative estimate of drug-likeness (QED) is 0.199. The maximum Gasteiger partial charge on any atom is 0.417 e. The van der Waals surface area contributed by atoms with Crippen molar-refractivity contribution < 1.29 is 22.8 Å². The van der Waals surface area contributed by atoms with Gasteiger partial charge in [-0.3, -0.25) is 10.1 Å². The summed E-state index contributed by atoms with van der Waals surface area (Å²) < 4.78 is 40.3. The van der Waals surface area contributed by atoms with Crippen molar-refractivity contribution in [3.8, 4) is 6.07 Å². The number of H-pyrrole nitrogens is 1. The average molecular weight is 589 g/mol. The lowest BCUT2D eigenvalue weighted by Gasteiger charge is -2.24. The van der Waals surface area contributed by atoms with Crippen molar-refractivity contribution in [2.24, 2.45) is 0 Å². The zero-order chi connectivity index (χ0) is 30.4. The number of aromatic nitrogens is 4. The molecule has 1 aromatic heterocycles. The van der Waals surface area contributed by atoms with Gasteiger partial charge in [-0.25, -0.2) is 4.79 Å². The molecule has 1 aliphatic carbocycles. The molecule has 0 bridgehead atoms.